The van der Waals surface area contributed by atoms with Crippen LogP contribution in [0.2, 0.25) is 0 Å². The Hall–Kier alpha value is -2.78. The number of nitrogens with one attached hydrogen (secondary N) is 1. The van der Waals surface area contributed by atoms with Crippen LogP contribution in [0.25, 0.3) is 0 Å². The zero-order valence-corrected chi connectivity index (χ0v) is 16.4. The van der Waals surface area contributed by atoms with Crippen molar-refractivity contribution in [1.29, 1.82) is 0 Å². The molecule has 0 aliphatic heterocycles. The highest BCUT2D eigenvalue weighted by molar-refractivity contribution is 6.61. The predicted molar refractivity (Wildman–Crippen MR) is 104 cm³/mol. The van der Waals surface area contributed by atoms with Gasteiger partial charge in [0.1, 0.15) is 6.04 Å². The Morgan fingerprint density at radius 1 is 0.966 bits per heavy atom. The zero-order chi connectivity index (χ0) is 21.4. The molecule has 1 N–H and O–H groups in total. The van der Waals surface area contributed by atoms with Crippen LogP contribution in [0.5, 0.6) is 0 Å². The van der Waals surface area contributed by atoms with Gasteiger partial charge in [0, 0.05) is 20.6 Å². The Balaban J connectivity index is 2.06. The van der Waals surface area contributed by atoms with Crippen molar-refractivity contribution in [2.24, 2.45) is 0 Å². The van der Waals surface area contributed by atoms with E-state index < -0.39 is 36.7 Å². The van der Waals surface area contributed by atoms with Crippen molar-refractivity contribution in [1.82, 2.24) is 5.32 Å². The molecule has 154 valence electrons. The molecular formula is C20H22BF2NO5. The summed E-state index contributed by atoms with van der Waals surface area (Å²) < 4.78 is 41.4. The number of esters is 1. The third-order valence-electron chi connectivity index (χ3n) is 4.29. The monoisotopic (exact) mass is 405 g/mol. The minimum atomic E-state index is -1.04. The van der Waals surface area contributed by atoms with E-state index in [4.69, 9.17) is 14.0 Å². The molecule has 0 spiro atoms. The summed E-state index contributed by atoms with van der Waals surface area (Å²) in [7, 11) is 3.77. The summed E-state index contributed by atoms with van der Waals surface area (Å²) in [6.07, 6.45) is -0.00586. The maximum Gasteiger partial charge on any atom is 0.493 e. The van der Waals surface area contributed by atoms with Gasteiger partial charge in [-0.2, -0.15) is 0 Å². The van der Waals surface area contributed by atoms with Gasteiger partial charge in [-0.05, 0) is 28.7 Å². The van der Waals surface area contributed by atoms with Gasteiger partial charge in [0.2, 0.25) is 5.91 Å². The molecule has 2 rings (SSSR count). The summed E-state index contributed by atoms with van der Waals surface area (Å²) in [4.78, 5) is 24.4. The van der Waals surface area contributed by atoms with Gasteiger partial charge in [-0.15, -0.1) is 0 Å². The fourth-order valence-corrected chi connectivity index (χ4v) is 2.83. The first-order valence-corrected chi connectivity index (χ1v) is 8.83. The highest BCUT2D eigenvalue weighted by atomic mass is 19.2. The van der Waals surface area contributed by atoms with Crippen LogP contribution < -0.4 is 10.8 Å². The lowest BCUT2D eigenvalue weighted by atomic mass is 9.78. The number of hydrogen-bond donors (Lipinski definition) is 1. The van der Waals surface area contributed by atoms with Gasteiger partial charge in [0.15, 0.2) is 11.6 Å². The number of hydrogen-bond acceptors (Lipinski definition) is 5. The summed E-state index contributed by atoms with van der Waals surface area (Å²) in [5.41, 5.74) is 1.87. The third kappa shape index (κ3) is 6.37. The second kappa shape index (κ2) is 10.7. The average molecular weight is 405 g/mol. The molecule has 0 heterocycles. The first-order chi connectivity index (χ1) is 13.9. The van der Waals surface area contributed by atoms with E-state index in [0.29, 0.717) is 5.56 Å². The number of carbonyl (C=O) groups excluding carboxylic acids is 2. The van der Waals surface area contributed by atoms with Gasteiger partial charge >= 0.3 is 13.1 Å². The van der Waals surface area contributed by atoms with Gasteiger partial charge in [-0.1, -0.05) is 30.3 Å². The second-order valence-electron chi connectivity index (χ2n) is 6.32. The number of carbonyl (C=O) groups is 2. The average Bonchev–Trinajstić information content (AvgIpc) is 2.71. The van der Waals surface area contributed by atoms with Crippen molar-refractivity contribution >= 4 is 24.5 Å². The largest absolute Gasteiger partial charge is 0.493 e. The lowest BCUT2D eigenvalue weighted by molar-refractivity contribution is -0.145. The van der Waals surface area contributed by atoms with E-state index in [9.17, 15) is 18.4 Å². The summed E-state index contributed by atoms with van der Waals surface area (Å²) in [5, 5.41) is 2.58. The van der Waals surface area contributed by atoms with Crippen LogP contribution in [0.4, 0.5) is 8.78 Å². The maximum absolute atomic E-state index is 13.3. The number of amides is 1. The standard InChI is InChI=1S/C20H22BF2NO5/c1-27-20(26)18(11-13-4-7-15(8-5-13)21(28-2)29-3)24-19(25)12-14-6-9-16(22)17(23)10-14/h4-10,18H,11-12H2,1-3H3,(H,24,25)/t18-/m1/s1. The first kappa shape index (κ1) is 22.5. The molecule has 0 radical (unpaired) electrons. The topological polar surface area (TPSA) is 73.9 Å². The number of methoxy groups -OCH3 is 1. The smallest absolute Gasteiger partial charge is 0.467 e. The van der Waals surface area contributed by atoms with E-state index in [1.807, 2.05) is 0 Å². The predicted octanol–water partition coefficient (Wildman–Crippen LogP) is 1.40. The third-order valence-corrected chi connectivity index (χ3v) is 4.29. The fourth-order valence-electron chi connectivity index (χ4n) is 2.83. The molecule has 0 saturated heterocycles. The number of rotatable bonds is 9. The Labute approximate surface area is 168 Å². The summed E-state index contributed by atoms with van der Waals surface area (Å²) >= 11 is 0. The van der Waals surface area contributed by atoms with Crippen molar-refractivity contribution in [3.63, 3.8) is 0 Å². The van der Waals surface area contributed by atoms with Crippen LogP contribution in [-0.2, 0) is 36.5 Å². The summed E-state index contributed by atoms with van der Waals surface area (Å²) in [5.74, 6) is -3.15. The van der Waals surface area contributed by atoms with Crippen molar-refractivity contribution in [3.05, 3.63) is 65.2 Å². The lowest BCUT2D eigenvalue weighted by Gasteiger charge is -2.17. The molecule has 2 aromatic carbocycles. The Morgan fingerprint density at radius 3 is 2.14 bits per heavy atom. The SMILES string of the molecule is COB(OC)c1ccc(C[C@@H](NC(=O)Cc2ccc(F)c(F)c2)C(=O)OC)cc1. The number of halogens is 2. The molecule has 6 nitrogen and oxygen atoms in total. The molecule has 0 aliphatic rings. The van der Waals surface area contributed by atoms with E-state index in [2.05, 4.69) is 5.32 Å². The zero-order valence-electron chi connectivity index (χ0n) is 16.4. The number of benzene rings is 2. The Kier molecular flexibility index (Phi) is 8.29. The summed E-state index contributed by atoms with van der Waals surface area (Å²) in [6, 6.07) is 9.45. The van der Waals surface area contributed by atoms with Gasteiger partial charge in [0.25, 0.3) is 0 Å². The van der Waals surface area contributed by atoms with Crippen molar-refractivity contribution in [3.8, 4) is 0 Å². The first-order valence-electron chi connectivity index (χ1n) is 8.83. The number of ether oxygens (including phenoxy) is 1. The quantitative estimate of drug-likeness (QED) is 0.505. The van der Waals surface area contributed by atoms with E-state index in [0.717, 1.165) is 23.2 Å². The molecule has 0 saturated carbocycles. The van der Waals surface area contributed by atoms with Gasteiger partial charge < -0.3 is 19.4 Å². The van der Waals surface area contributed by atoms with Crippen molar-refractivity contribution in [2.75, 3.05) is 21.3 Å². The normalized spacial score (nSPS) is 11.6. The van der Waals surface area contributed by atoms with E-state index in [-0.39, 0.29) is 12.8 Å². The van der Waals surface area contributed by atoms with E-state index >= 15 is 0 Å². The Morgan fingerprint density at radius 2 is 1.59 bits per heavy atom. The van der Waals surface area contributed by atoms with Gasteiger partial charge in [-0.3, -0.25) is 4.79 Å². The van der Waals surface area contributed by atoms with Crippen LogP contribution in [0, 0.1) is 11.6 Å². The van der Waals surface area contributed by atoms with Crippen molar-refractivity contribution < 1.29 is 32.4 Å². The minimum Gasteiger partial charge on any atom is -0.467 e. The molecular weight excluding hydrogens is 383 g/mol. The van der Waals surface area contributed by atoms with E-state index in [1.165, 1.54) is 27.4 Å². The van der Waals surface area contributed by atoms with Crippen molar-refractivity contribution in [2.45, 2.75) is 18.9 Å². The molecule has 0 fully saturated rings. The second-order valence-corrected chi connectivity index (χ2v) is 6.32. The highest BCUT2D eigenvalue weighted by Crippen LogP contribution is 2.10. The molecule has 1 atom stereocenters. The van der Waals surface area contributed by atoms with Crippen LogP contribution in [0.15, 0.2) is 42.5 Å². The molecule has 29 heavy (non-hydrogen) atoms. The lowest BCUT2D eigenvalue weighted by Crippen LogP contribution is -2.43. The van der Waals surface area contributed by atoms with Crippen LogP contribution in [0.1, 0.15) is 11.1 Å². The van der Waals surface area contributed by atoms with E-state index in [1.54, 1.807) is 24.3 Å². The maximum atomic E-state index is 13.3. The molecule has 1 amide bonds. The highest BCUT2D eigenvalue weighted by Gasteiger charge is 2.23. The minimum absolute atomic E-state index is 0.196. The molecule has 0 unspecified atom stereocenters. The van der Waals surface area contributed by atoms with Crippen LogP contribution in [0.3, 0.4) is 0 Å². The van der Waals surface area contributed by atoms with Gasteiger partial charge in [-0.25, -0.2) is 13.6 Å². The molecule has 0 aromatic heterocycles. The van der Waals surface area contributed by atoms with Gasteiger partial charge in [0.05, 0.1) is 13.5 Å². The molecule has 0 bridgehead atoms. The van der Waals surface area contributed by atoms with Crippen LogP contribution in [-0.4, -0.2) is 46.4 Å². The molecule has 0 aliphatic carbocycles. The molecule has 9 heteroatoms. The fraction of sp³-hybridized carbons (Fsp3) is 0.300. The molecule has 2 aromatic rings. The van der Waals surface area contributed by atoms with Crippen LogP contribution >= 0.6 is 0 Å². The summed E-state index contributed by atoms with van der Waals surface area (Å²) in [6.45, 7) is 0. The Bertz CT molecular complexity index is 843.